The quantitative estimate of drug-likeness (QED) is 0.862. The number of nitrogens with zero attached hydrogens (tertiary/aromatic N) is 2. The van der Waals surface area contributed by atoms with E-state index < -0.39 is 0 Å². The third-order valence-corrected chi connectivity index (χ3v) is 3.01. The van der Waals surface area contributed by atoms with Gasteiger partial charge in [0.2, 0.25) is 0 Å². The Kier molecular flexibility index (Phi) is 4.47. The van der Waals surface area contributed by atoms with Gasteiger partial charge in [0.15, 0.2) is 0 Å². The van der Waals surface area contributed by atoms with Gasteiger partial charge in [-0.1, -0.05) is 37.3 Å². The number of nitrogens with one attached hydrogen (secondary N) is 1. The highest BCUT2D eigenvalue weighted by molar-refractivity contribution is 5.40. The first kappa shape index (κ1) is 13.5. The Morgan fingerprint density at radius 2 is 1.95 bits per heavy atom. The van der Waals surface area contributed by atoms with Crippen molar-refractivity contribution in [3.05, 3.63) is 53.5 Å². The normalized spacial score (nSPS) is 12.2. The molecule has 0 spiro atoms. The summed E-state index contributed by atoms with van der Waals surface area (Å²) >= 11 is 0. The molecule has 1 heterocycles. The minimum atomic E-state index is 0.0696. The first-order valence-electron chi connectivity index (χ1n) is 6.59. The molecule has 1 unspecified atom stereocenters. The van der Waals surface area contributed by atoms with Crippen LogP contribution in [0, 0.1) is 6.92 Å². The van der Waals surface area contributed by atoms with Crippen molar-refractivity contribution in [2.75, 3.05) is 11.9 Å². The van der Waals surface area contributed by atoms with Crippen molar-refractivity contribution in [2.45, 2.75) is 26.3 Å². The topological polar surface area (TPSA) is 63.8 Å². The summed E-state index contributed by atoms with van der Waals surface area (Å²) in [5, 5.41) is 3.38. The van der Waals surface area contributed by atoms with E-state index in [0.29, 0.717) is 6.54 Å². The van der Waals surface area contributed by atoms with E-state index in [9.17, 15) is 0 Å². The lowest BCUT2D eigenvalue weighted by Gasteiger charge is -2.18. The first-order chi connectivity index (χ1) is 9.22. The van der Waals surface area contributed by atoms with Crippen LogP contribution >= 0.6 is 0 Å². The smallest absolute Gasteiger partial charge is 0.130 e. The Hall–Kier alpha value is -1.94. The van der Waals surface area contributed by atoms with Crippen molar-refractivity contribution < 1.29 is 0 Å². The van der Waals surface area contributed by atoms with Crippen LogP contribution in [0.3, 0.4) is 0 Å². The second-order valence-corrected chi connectivity index (χ2v) is 4.49. The van der Waals surface area contributed by atoms with Crippen molar-refractivity contribution in [1.82, 2.24) is 9.97 Å². The Bertz CT molecular complexity index is 525. The molecule has 1 atom stereocenters. The van der Waals surface area contributed by atoms with Crippen LogP contribution < -0.4 is 11.1 Å². The minimum Gasteiger partial charge on any atom is -0.362 e. The van der Waals surface area contributed by atoms with Gasteiger partial charge in [-0.2, -0.15) is 0 Å². The van der Waals surface area contributed by atoms with E-state index in [1.165, 1.54) is 5.56 Å². The lowest BCUT2D eigenvalue weighted by Crippen LogP contribution is -2.21. The van der Waals surface area contributed by atoms with Crippen LogP contribution in [0.15, 0.2) is 36.4 Å². The average Bonchev–Trinajstić information content (AvgIpc) is 2.45. The molecule has 19 heavy (non-hydrogen) atoms. The zero-order valence-electron chi connectivity index (χ0n) is 11.4. The van der Waals surface area contributed by atoms with E-state index in [1.807, 2.05) is 31.2 Å². The fourth-order valence-electron chi connectivity index (χ4n) is 2.03. The molecule has 4 heteroatoms. The van der Waals surface area contributed by atoms with Gasteiger partial charge in [-0.25, -0.2) is 9.97 Å². The summed E-state index contributed by atoms with van der Waals surface area (Å²) in [6, 6.07) is 12.2. The van der Waals surface area contributed by atoms with Crippen molar-refractivity contribution in [1.29, 1.82) is 0 Å². The molecule has 100 valence electrons. The highest BCUT2D eigenvalue weighted by Gasteiger charge is 2.10. The summed E-state index contributed by atoms with van der Waals surface area (Å²) in [6.07, 6.45) is 0.899. The molecule has 0 aliphatic rings. The number of hydrogen-bond acceptors (Lipinski definition) is 4. The van der Waals surface area contributed by atoms with Gasteiger partial charge in [0, 0.05) is 18.3 Å². The summed E-state index contributed by atoms with van der Waals surface area (Å²) in [6.45, 7) is 4.52. The second-order valence-electron chi connectivity index (χ2n) is 4.49. The van der Waals surface area contributed by atoms with E-state index in [2.05, 4.69) is 34.3 Å². The predicted octanol–water partition coefficient (Wildman–Crippen LogP) is 2.46. The second kappa shape index (κ2) is 6.29. The molecule has 0 aliphatic heterocycles. The van der Waals surface area contributed by atoms with Gasteiger partial charge in [-0.05, 0) is 18.9 Å². The van der Waals surface area contributed by atoms with E-state index in [0.717, 1.165) is 23.8 Å². The van der Waals surface area contributed by atoms with Crippen LogP contribution in [-0.2, 0) is 6.42 Å². The summed E-state index contributed by atoms with van der Waals surface area (Å²) < 4.78 is 0. The van der Waals surface area contributed by atoms with Crippen LogP contribution in [0.2, 0.25) is 0 Å². The maximum Gasteiger partial charge on any atom is 0.130 e. The maximum atomic E-state index is 5.86. The number of aryl methyl sites for hydroxylation is 2. The summed E-state index contributed by atoms with van der Waals surface area (Å²) in [5.41, 5.74) is 8.06. The lowest BCUT2D eigenvalue weighted by atomic mass is 10.1. The zero-order valence-corrected chi connectivity index (χ0v) is 11.4. The Morgan fingerprint density at radius 1 is 1.21 bits per heavy atom. The molecule has 0 radical (unpaired) electrons. The fraction of sp³-hybridized carbons (Fsp3) is 0.333. The Morgan fingerprint density at radius 3 is 2.58 bits per heavy atom. The van der Waals surface area contributed by atoms with E-state index in [1.54, 1.807) is 0 Å². The third-order valence-electron chi connectivity index (χ3n) is 3.01. The highest BCUT2D eigenvalue weighted by Crippen LogP contribution is 2.17. The lowest BCUT2D eigenvalue weighted by molar-refractivity contribution is 0.779. The molecule has 0 aliphatic carbocycles. The van der Waals surface area contributed by atoms with Gasteiger partial charge in [0.1, 0.15) is 11.6 Å². The van der Waals surface area contributed by atoms with Crippen LogP contribution in [0.4, 0.5) is 5.82 Å². The van der Waals surface area contributed by atoms with Crippen LogP contribution in [0.5, 0.6) is 0 Å². The SMILES string of the molecule is CCc1cc(NC(CN)c2ccccc2)nc(C)n1. The monoisotopic (exact) mass is 256 g/mol. The predicted molar refractivity (Wildman–Crippen MR) is 78.0 cm³/mol. The van der Waals surface area contributed by atoms with Gasteiger partial charge in [0.25, 0.3) is 0 Å². The van der Waals surface area contributed by atoms with Crippen molar-refractivity contribution in [3.8, 4) is 0 Å². The van der Waals surface area contributed by atoms with Crippen molar-refractivity contribution in [3.63, 3.8) is 0 Å². The molecule has 0 saturated heterocycles. The standard InChI is InChI=1S/C15H20N4/c1-3-13-9-15(18-11(2)17-13)19-14(10-16)12-7-5-4-6-8-12/h4-9,14H,3,10,16H2,1-2H3,(H,17,18,19). The van der Waals surface area contributed by atoms with E-state index >= 15 is 0 Å². The van der Waals surface area contributed by atoms with Gasteiger partial charge in [0.05, 0.1) is 6.04 Å². The molecule has 4 nitrogen and oxygen atoms in total. The van der Waals surface area contributed by atoms with Crippen LogP contribution in [0.1, 0.15) is 30.0 Å². The Labute approximate surface area is 114 Å². The molecule has 1 aromatic carbocycles. The number of nitrogens with two attached hydrogens (primary N) is 1. The van der Waals surface area contributed by atoms with Gasteiger partial charge in [-0.3, -0.25) is 0 Å². The van der Waals surface area contributed by atoms with E-state index in [4.69, 9.17) is 5.73 Å². The minimum absolute atomic E-state index is 0.0696. The highest BCUT2D eigenvalue weighted by atomic mass is 15.1. The fourth-order valence-corrected chi connectivity index (χ4v) is 2.03. The van der Waals surface area contributed by atoms with Crippen molar-refractivity contribution >= 4 is 5.82 Å². The van der Waals surface area contributed by atoms with Crippen LogP contribution in [-0.4, -0.2) is 16.5 Å². The van der Waals surface area contributed by atoms with Crippen molar-refractivity contribution in [2.24, 2.45) is 5.73 Å². The molecule has 3 N–H and O–H groups in total. The number of anilines is 1. The van der Waals surface area contributed by atoms with E-state index in [-0.39, 0.29) is 6.04 Å². The largest absolute Gasteiger partial charge is 0.362 e. The molecule has 2 rings (SSSR count). The third kappa shape index (κ3) is 3.51. The van der Waals surface area contributed by atoms with Gasteiger partial charge < -0.3 is 11.1 Å². The van der Waals surface area contributed by atoms with Gasteiger partial charge in [-0.15, -0.1) is 0 Å². The molecule has 0 saturated carbocycles. The molecule has 0 fully saturated rings. The number of hydrogen-bond donors (Lipinski definition) is 2. The molecular weight excluding hydrogens is 236 g/mol. The van der Waals surface area contributed by atoms with Crippen LogP contribution in [0.25, 0.3) is 0 Å². The molecule has 1 aromatic heterocycles. The molecule has 0 bridgehead atoms. The average molecular weight is 256 g/mol. The zero-order chi connectivity index (χ0) is 13.7. The summed E-state index contributed by atoms with van der Waals surface area (Å²) in [7, 11) is 0. The first-order valence-corrected chi connectivity index (χ1v) is 6.59. The maximum absolute atomic E-state index is 5.86. The Balaban J connectivity index is 2.21. The molecular formula is C15H20N4. The number of benzene rings is 1. The molecule has 2 aromatic rings. The molecule has 0 amide bonds. The van der Waals surface area contributed by atoms with Gasteiger partial charge >= 0.3 is 0 Å². The summed E-state index contributed by atoms with van der Waals surface area (Å²) in [4.78, 5) is 8.79. The summed E-state index contributed by atoms with van der Waals surface area (Å²) in [5.74, 6) is 1.62. The number of rotatable bonds is 5. The number of aromatic nitrogens is 2.